The lowest BCUT2D eigenvalue weighted by molar-refractivity contribution is -0.358. The molecule has 3 aliphatic rings. The number of halogens is 1. The Labute approximate surface area is 227 Å². The molecule has 2 aromatic carbocycles. The van der Waals surface area contributed by atoms with E-state index in [2.05, 4.69) is 17.2 Å². The summed E-state index contributed by atoms with van der Waals surface area (Å²) in [5, 5.41) is 68.0. The summed E-state index contributed by atoms with van der Waals surface area (Å²) in [4.78, 5) is 27.9. The molecule has 13 nitrogen and oxygen atoms in total. The number of amides is 2. The van der Waals surface area contributed by atoms with Gasteiger partial charge in [0.1, 0.15) is 5.82 Å². The first kappa shape index (κ1) is 28.1. The summed E-state index contributed by atoms with van der Waals surface area (Å²) in [5.41, 5.74) is -0.213. The van der Waals surface area contributed by atoms with Crippen molar-refractivity contribution in [1.82, 2.24) is 15.1 Å². The zero-order valence-corrected chi connectivity index (χ0v) is 21.2. The highest BCUT2D eigenvalue weighted by Gasteiger charge is 2.64. The van der Waals surface area contributed by atoms with Crippen LogP contribution in [0.2, 0.25) is 0 Å². The molecule has 3 aliphatic heterocycles. The molecule has 0 aromatic heterocycles. The van der Waals surface area contributed by atoms with Crippen LogP contribution in [0, 0.1) is 5.82 Å². The van der Waals surface area contributed by atoms with Gasteiger partial charge < -0.3 is 50.9 Å². The summed E-state index contributed by atoms with van der Waals surface area (Å²) in [7, 11) is 0. The molecule has 0 spiro atoms. The molecule has 0 bridgehead atoms. The van der Waals surface area contributed by atoms with Crippen molar-refractivity contribution < 1.29 is 49.4 Å². The maximum absolute atomic E-state index is 15.5. The number of nitrogens with zero attached hydrogens (tertiary/aromatic N) is 2. The number of carbonyl (C=O) groups excluding carboxylic acids is 2. The summed E-state index contributed by atoms with van der Waals surface area (Å²) in [6.07, 6.45) is 0. The van der Waals surface area contributed by atoms with E-state index >= 15 is 4.39 Å². The van der Waals surface area contributed by atoms with Gasteiger partial charge in [0.2, 0.25) is 0 Å². The molecule has 214 valence electrons. The van der Waals surface area contributed by atoms with E-state index in [0.29, 0.717) is 11.3 Å². The molecule has 2 aromatic rings. The van der Waals surface area contributed by atoms with E-state index in [9.17, 15) is 40.2 Å². The van der Waals surface area contributed by atoms with Crippen molar-refractivity contribution >= 4 is 17.5 Å². The topological polar surface area (TPSA) is 195 Å². The molecular formula is C26H29FN4O9. The van der Waals surface area contributed by atoms with Crippen molar-refractivity contribution in [2.45, 2.75) is 36.6 Å². The fraction of sp³-hybridized carbons (Fsp3) is 0.385. The monoisotopic (exact) mass is 560 g/mol. The minimum absolute atomic E-state index is 0.0947. The van der Waals surface area contributed by atoms with E-state index in [1.54, 1.807) is 6.07 Å². The first-order valence-electron chi connectivity index (χ1n) is 12.4. The number of nitrogens with one attached hydrogen (secondary N) is 2. The minimum Gasteiger partial charge on any atom is -0.381 e. The smallest absolute Gasteiger partial charge is 0.263 e. The van der Waals surface area contributed by atoms with Gasteiger partial charge >= 0.3 is 0 Å². The van der Waals surface area contributed by atoms with Crippen LogP contribution in [0.25, 0.3) is 0 Å². The van der Waals surface area contributed by atoms with Crippen molar-refractivity contribution in [2.75, 3.05) is 31.6 Å². The number of hydrogen-bond acceptors (Lipinski definition) is 11. The molecule has 2 amide bonds. The summed E-state index contributed by atoms with van der Waals surface area (Å²) in [6, 6.07) is 6.66. The third kappa shape index (κ3) is 4.34. The zero-order valence-electron chi connectivity index (χ0n) is 21.2. The minimum atomic E-state index is -3.48. The predicted molar refractivity (Wildman–Crippen MR) is 134 cm³/mol. The first-order valence-corrected chi connectivity index (χ1v) is 12.4. The van der Waals surface area contributed by atoms with E-state index in [4.69, 9.17) is 4.74 Å². The van der Waals surface area contributed by atoms with Gasteiger partial charge in [0, 0.05) is 48.6 Å². The Morgan fingerprint density at radius 1 is 1.10 bits per heavy atom. The van der Waals surface area contributed by atoms with Gasteiger partial charge in [-0.25, -0.2) is 9.29 Å². The van der Waals surface area contributed by atoms with Crippen LogP contribution >= 0.6 is 0 Å². The lowest BCUT2D eigenvalue weighted by Gasteiger charge is -2.47. The molecule has 1 atom stereocenters. The fourth-order valence-electron chi connectivity index (χ4n) is 5.20. The normalized spacial score (nSPS) is 22.7. The van der Waals surface area contributed by atoms with Gasteiger partial charge in [0.15, 0.2) is 6.04 Å². The van der Waals surface area contributed by atoms with Crippen LogP contribution in [0.5, 0.6) is 0 Å². The van der Waals surface area contributed by atoms with Gasteiger partial charge in [-0.15, -0.1) is 0 Å². The van der Waals surface area contributed by atoms with Crippen molar-refractivity contribution in [2.24, 2.45) is 0 Å². The third-order valence-electron chi connectivity index (χ3n) is 7.51. The highest BCUT2D eigenvalue weighted by molar-refractivity contribution is 6.03. The average molecular weight is 561 g/mol. The zero-order chi connectivity index (χ0) is 29.0. The highest BCUT2D eigenvalue weighted by Crippen LogP contribution is 2.39. The number of fused-ring (bicyclic) bond motifs is 1. The Morgan fingerprint density at radius 2 is 1.77 bits per heavy atom. The van der Waals surface area contributed by atoms with E-state index in [-0.39, 0.29) is 56.1 Å². The number of benzene rings is 2. The lowest BCUT2D eigenvalue weighted by atomic mass is 9.89. The van der Waals surface area contributed by atoms with Gasteiger partial charge in [-0.05, 0) is 18.2 Å². The van der Waals surface area contributed by atoms with Gasteiger partial charge in [0.05, 0.1) is 24.5 Å². The standard InChI is InChI=1S/C26H29FN4O9/c1-14-24(34,35)25(36,37)21(22(32)29-14)31-13-17-16(23(31)33)5-3-7-19(17)28-12-15-4-2-6-18(20(15)27)26(38,39)30-8-10-40-11-9-30/h2-7,21,28,34-39H,1,8-13H2,(H,29,32). The molecule has 3 heterocycles. The first-order chi connectivity index (χ1) is 18.8. The van der Waals surface area contributed by atoms with Crippen molar-refractivity contribution in [3.05, 3.63) is 76.7 Å². The number of aliphatic hydroxyl groups is 6. The van der Waals surface area contributed by atoms with Gasteiger partial charge in [-0.2, -0.15) is 0 Å². The maximum Gasteiger partial charge on any atom is 0.263 e. The molecule has 2 saturated heterocycles. The number of piperidine rings is 1. The summed E-state index contributed by atoms with van der Waals surface area (Å²) in [5.74, 6) is -12.1. The van der Waals surface area contributed by atoms with Crippen molar-refractivity contribution in [3.8, 4) is 0 Å². The van der Waals surface area contributed by atoms with Crippen LogP contribution < -0.4 is 10.6 Å². The Morgan fingerprint density at radius 3 is 2.48 bits per heavy atom. The van der Waals surface area contributed by atoms with Crippen LogP contribution in [0.1, 0.15) is 27.0 Å². The summed E-state index contributed by atoms with van der Waals surface area (Å²) < 4.78 is 20.7. The third-order valence-corrected chi connectivity index (χ3v) is 7.51. The second-order valence-corrected chi connectivity index (χ2v) is 9.90. The Kier molecular flexibility index (Phi) is 6.92. The number of rotatable bonds is 6. The van der Waals surface area contributed by atoms with Crippen molar-refractivity contribution in [3.63, 3.8) is 0 Å². The van der Waals surface area contributed by atoms with Crippen LogP contribution in [0.4, 0.5) is 10.1 Å². The SMILES string of the molecule is C=C1NC(=O)C(N2Cc3c(NCc4cccc(C(O)(O)N5CCOCC5)c4F)cccc3C2=O)C(O)(O)C1(O)O. The van der Waals surface area contributed by atoms with E-state index in [1.165, 1.54) is 35.2 Å². The maximum atomic E-state index is 15.5. The van der Waals surface area contributed by atoms with E-state index in [0.717, 1.165) is 4.90 Å². The second kappa shape index (κ2) is 9.87. The molecule has 1 unspecified atom stereocenters. The second-order valence-electron chi connectivity index (χ2n) is 9.90. The molecule has 0 radical (unpaired) electrons. The number of hydrogen-bond donors (Lipinski definition) is 8. The summed E-state index contributed by atoms with van der Waals surface area (Å²) >= 11 is 0. The number of morpholine rings is 1. The average Bonchev–Trinajstić information content (AvgIpc) is 3.23. The summed E-state index contributed by atoms with van der Waals surface area (Å²) in [6.45, 7) is 3.69. The largest absolute Gasteiger partial charge is 0.381 e. The lowest BCUT2D eigenvalue weighted by Crippen LogP contribution is -2.75. The molecule has 5 rings (SSSR count). The van der Waals surface area contributed by atoms with Crippen LogP contribution in [-0.4, -0.2) is 96.2 Å². The number of ether oxygens (including phenoxy) is 1. The quantitative estimate of drug-likeness (QED) is 0.186. The van der Waals surface area contributed by atoms with Gasteiger partial charge in [-0.3, -0.25) is 9.59 Å². The Hall–Kier alpha value is -3.47. The van der Waals surface area contributed by atoms with Crippen LogP contribution in [0.3, 0.4) is 0 Å². The predicted octanol–water partition coefficient (Wildman–Crippen LogP) is -1.81. The molecule has 0 aliphatic carbocycles. The fourth-order valence-corrected chi connectivity index (χ4v) is 5.20. The molecule has 14 heteroatoms. The molecule has 2 fully saturated rings. The van der Waals surface area contributed by atoms with Crippen LogP contribution in [0.15, 0.2) is 48.7 Å². The molecule has 8 N–H and O–H groups in total. The van der Waals surface area contributed by atoms with E-state index in [1.807, 2.05) is 0 Å². The molecule has 0 saturated carbocycles. The van der Waals surface area contributed by atoms with Gasteiger partial charge in [0.25, 0.3) is 29.3 Å². The highest BCUT2D eigenvalue weighted by atomic mass is 19.1. The van der Waals surface area contributed by atoms with Crippen LogP contribution in [-0.2, 0) is 28.5 Å². The number of anilines is 1. The Balaban J connectivity index is 1.38. The molecule has 40 heavy (non-hydrogen) atoms. The number of carbonyl (C=O) groups is 2. The Bertz CT molecular complexity index is 1370. The van der Waals surface area contributed by atoms with E-state index < -0.39 is 46.9 Å². The van der Waals surface area contributed by atoms with Gasteiger partial charge in [-0.1, -0.05) is 24.8 Å². The molecular weight excluding hydrogens is 531 g/mol. The van der Waals surface area contributed by atoms with Crippen molar-refractivity contribution in [1.29, 1.82) is 0 Å².